The van der Waals surface area contributed by atoms with Crippen molar-refractivity contribution in [2.24, 2.45) is 0 Å². The monoisotopic (exact) mass is 361 g/mol. The molecule has 0 spiro atoms. The third-order valence-corrected chi connectivity index (χ3v) is 5.14. The highest BCUT2D eigenvalue weighted by Gasteiger charge is 2.33. The number of ether oxygens (including phenoxy) is 2. The van der Waals surface area contributed by atoms with Gasteiger partial charge in [-0.2, -0.15) is 0 Å². The third-order valence-electron chi connectivity index (χ3n) is 5.14. The standard InChI is InChI=1S/C22H35NO3/c1-5-7-14-22(4,25-15-6-2)21(24)23-18-12-13-20(17(3)16-18)26-19-10-8-9-11-19/h12-13,16,19H,5-11,14-15H2,1-4H3,(H,23,24). The van der Waals surface area contributed by atoms with Crippen molar-refractivity contribution in [3.63, 3.8) is 0 Å². The zero-order valence-electron chi connectivity index (χ0n) is 16.9. The van der Waals surface area contributed by atoms with Gasteiger partial charge in [0.2, 0.25) is 0 Å². The Morgan fingerprint density at radius 3 is 2.58 bits per heavy atom. The van der Waals surface area contributed by atoms with Gasteiger partial charge in [-0.05, 0) is 76.1 Å². The number of anilines is 1. The number of benzene rings is 1. The molecule has 1 amide bonds. The van der Waals surface area contributed by atoms with E-state index >= 15 is 0 Å². The molecular weight excluding hydrogens is 326 g/mol. The largest absolute Gasteiger partial charge is 0.490 e. The quantitative estimate of drug-likeness (QED) is 0.587. The van der Waals surface area contributed by atoms with Crippen LogP contribution in [0.1, 0.15) is 77.7 Å². The van der Waals surface area contributed by atoms with Gasteiger partial charge in [-0.15, -0.1) is 0 Å². The fraction of sp³-hybridized carbons (Fsp3) is 0.682. The van der Waals surface area contributed by atoms with Gasteiger partial charge in [0.05, 0.1) is 6.10 Å². The first-order chi connectivity index (χ1) is 12.5. The van der Waals surface area contributed by atoms with Crippen LogP contribution in [-0.4, -0.2) is 24.2 Å². The van der Waals surface area contributed by atoms with Crippen LogP contribution in [0.4, 0.5) is 5.69 Å². The van der Waals surface area contributed by atoms with E-state index in [1.165, 1.54) is 12.8 Å². The van der Waals surface area contributed by atoms with E-state index in [1.807, 2.05) is 32.0 Å². The molecule has 4 nitrogen and oxygen atoms in total. The molecule has 0 aliphatic heterocycles. The molecule has 0 radical (unpaired) electrons. The minimum atomic E-state index is -0.779. The molecule has 1 aliphatic rings. The predicted octanol–water partition coefficient (Wildman–Crippen LogP) is 5.63. The van der Waals surface area contributed by atoms with E-state index in [2.05, 4.69) is 19.2 Å². The molecular formula is C22H35NO3. The summed E-state index contributed by atoms with van der Waals surface area (Å²) in [6.07, 6.45) is 8.79. The molecule has 0 heterocycles. The molecule has 1 fully saturated rings. The van der Waals surface area contributed by atoms with Crippen molar-refractivity contribution in [1.29, 1.82) is 0 Å². The van der Waals surface area contributed by atoms with Crippen LogP contribution in [0.25, 0.3) is 0 Å². The maximum atomic E-state index is 12.9. The molecule has 1 aromatic carbocycles. The first-order valence-corrected chi connectivity index (χ1v) is 10.2. The van der Waals surface area contributed by atoms with Crippen molar-refractivity contribution < 1.29 is 14.3 Å². The Kier molecular flexibility index (Phi) is 7.95. The van der Waals surface area contributed by atoms with Gasteiger partial charge in [0.25, 0.3) is 5.91 Å². The zero-order valence-corrected chi connectivity index (χ0v) is 16.9. The predicted molar refractivity (Wildman–Crippen MR) is 107 cm³/mol. The summed E-state index contributed by atoms with van der Waals surface area (Å²) < 4.78 is 12.0. The van der Waals surface area contributed by atoms with Crippen molar-refractivity contribution >= 4 is 11.6 Å². The zero-order chi connectivity index (χ0) is 19.0. The van der Waals surface area contributed by atoms with E-state index in [9.17, 15) is 4.79 Å². The highest BCUT2D eigenvalue weighted by atomic mass is 16.5. The summed E-state index contributed by atoms with van der Waals surface area (Å²) in [6.45, 7) is 8.72. The fourth-order valence-corrected chi connectivity index (χ4v) is 3.40. The van der Waals surface area contributed by atoms with Crippen molar-refractivity contribution in [3.05, 3.63) is 23.8 Å². The second-order valence-electron chi connectivity index (χ2n) is 7.64. The minimum absolute atomic E-state index is 0.0664. The van der Waals surface area contributed by atoms with Gasteiger partial charge in [-0.25, -0.2) is 0 Å². The normalized spacial score (nSPS) is 17.1. The van der Waals surface area contributed by atoms with Crippen LogP contribution in [0.15, 0.2) is 18.2 Å². The van der Waals surface area contributed by atoms with Crippen LogP contribution in [0.2, 0.25) is 0 Å². The average Bonchev–Trinajstić information content (AvgIpc) is 3.13. The number of carbonyl (C=O) groups is 1. The lowest BCUT2D eigenvalue weighted by molar-refractivity contribution is -0.140. The third kappa shape index (κ3) is 5.73. The summed E-state index contributed by atoms with van der Waals surface area (Å²) in [4.78, 5) is 12.9. The van der Waals surface area contributed by atoms with Crippen LogP contribution in [0, 0.1) is 6.92 Å². The Bertz CT molecular complexity index is 571. The Morgan fingerprint density at radius 2 is 1.96 bits per heavy atom. The van der Waals surface area contributed by atoms with Gasteiger partial charge in [0.1, 0.15) is 11.4 Å². The second-order valence-corrected chi connectivity index (χ2v) is 7.64. The molecule has 0 aromatic heterocycles. The lowest BCUT2D eigenvalue weighted by Gasteiger charge is -2.28. The molecule has 26 heavy (non-hydrogen) atoms. The Labute approximate surface area is 158 Å². The van der Waals surface area contributed by atoms with Crippen molar-refractivity contribution in [1.82, 2.24) is 0 Å². The van der Waals surface area contributed by atoms with E-state index < -0.39 is 5.60 Å². The fourth-order valence-electron chi connectivity index (χ4n) is 3.40. The lowest BCUT2D eigenvalue weighted by Crippen LogP contribution is -2.43. The number of rotatable bonds is 10. The summed E-state index contributed by atoms with van der Waals surface area (Å²) >= 11 is 0. The van der Waals surface area contributed by atoms with E-state index in [0.29, 0.717) is 12.7 Å². The topological polar surface area (TPSA) is 47.6 Å². The molecule has 1 unspecified atom stereocenters. The molecule has 4 heteroatoms. The molecule has 1 aromatic rings. The van der Waals surface area contributed by atoms with Crippen molar-refractivity contribution in [3.8, 4) is 5.75 Å². The molecule has 0 bridgehead atoms. The number of amides is 1. The number of carbonyl (C=O) groups excluding carboxylic acids is 1. The summed E-state index contributed by atoms with van der Waals surface area (Å²) in [5.41, 5.74) is 1.08. The first-order valence-electron chi connectivity index (χ1n) is 10.2. The van der Waals surface area contributed by atoms with Crippen LogP contribution < -0.4 is 10.1 Å². The van der Waals surface area contributed by atoms with Crippen LogP contribution in [-0.2, 0) is 9.53 Å². The van der Waals surface area contributed by atoms with Crippen molar-refractivity contribution in [2.75, 3.05) is 11.9 Å². The molecule has 1 N–H and O–H groups in total. The van der Waals surface area contributed by atoms with Gasteiger partial charge < -0.3 is 14.8 Å². The number of hydrogen-bond donors (Lipinski definition) is 1. The number of unbranched alkanes of at least 4 members (excludes halogenated alkanes) is 1. The van der Waals surface area contributed by atoms with Gasteiger partial charge in [0.15, 0.2) is 0 Å². The van der Waals surface area contributed by atoms with Crippen LogP contribution in [0.5, 0.6) is 5.75 Å². The molecule has 2 rings (SSSR count). The van der Waals surface area contributed by atoms with Gasteiger partial charge >= 0.3 is 0 Å². The van der Waals surface area contributed by atoms with Gasteiger partial charge in [-0.3, -0.25) is 4.79 Å². The lowest BCUT2D eigenvalue weighted by atomic mass is 9.97. The minimum Gasteiger partial charge on any atom is -0.490 e. The highest BCUT2D eigenvalue weighted by Crippen LogP contribution is 2.29. The number of aryl methyl sites for hydroxylation is 1. The van der Waals surface area contributed by atoms with Gasteiger partial charge in [0, 0.05) is 12.3 Å². The summed E-state index contributed by atoms with van der Waals surface area (Å²) in [5, 5.41) is 3.04. The maximum Gasteiger partial charge on any atom is 0.256 e. The Hall–Kier alpha value is -1.55. The molecule has 146 valence electrons. The molecule has 0 saturated heterocycles. The Morgan fingerprint density at radius 1 is 1.23 bits per heavy atom. The summed E-state index contributed by atoms with van der Waals surface area (Å²) in [5.74, 6) is 0.856. The SMILES string of the molecule is CCCCC(C)(OCCC)C(=O)Nc1ccc(OC2CCCC2)c(C)c1. The van der Waals surface area contributed by atoms with E-state index in [1.54, 1.807) is 0 Å². The average molecular weight is 362 g/mol. The highest BCUT2D eigenvalue weighted by molar-refractivity contribution is 5.97. The Balaban J connectivity index is 2.02. The van der Waals surface area contributed by atoms with Crippen LogP contribution in [0.3, 0.4) is 0 Å². The number of nitrogens with one attached hydrogen (secondary N) is 1. The second kappa shape index (κ2) is 9.96. The molecule has 1 aliphatic carbocycles. The maximum absolute atomic E-state index is 12.9. The molecule has 1 saturated carbocycles. The summed E-state index contributed by atoms with van der Waals surface area (Å²) in [7, 11) is 0. The van der Waals surface area contributed by atoms with E-state index in [-0.39, 0.29) is 5.91 Å². The smallest absolute Gasteiger partial charge is 0.256 e. The van der Waals surface area contributed by atoms with E-state index in [0.717, 1.165) is 55.5 Å². The van der Waals surface area contributed by atoms with Crippen molar-refractivity contribution in [2.45, 2.75) is 90.8 Å². The van der Waals surface area contributed by atoms with Crippen LogP contribution >= 0.6 is 0 Å². The van der Waals surface area contributed by atoms with E-state index in [4.69, 9.17) is 9.47 Å². The first kappa shape index (κ1) is 20.8. The molecule has 1 atom stereocenters. The number of hydrogen-bond acceptors (Lipinski definition) is 3. The summed E-state index contributed by atoms with van der Waals surface area (Å²) in [6, 6.07) is 5.89. The van der Waals surface area contributed by atoms with Gasteiger partial charge in [-0.1, -0.05) is 26.7 Å².